The zero-order valence-electron chi connectivity index (χ0n) is 7.69. The monoisotopic (exact) mass is 212 g/mol. The minimum atomic E-state index is -0.360. The van der Waals surface area contributed by atoms with Crippen molar-refractivity contribution in [1.82, 2.24) is 10.3 Å². The van der Waals surface area contributed by atoms with Crippen molar-refractivity contribution in [2.24, 2.45) is 0 Å². The highest BCUT2D eigenvalue weighted by Crippen LogP contribution is 2.31. The lowest BCUT2D eigenvalue weighted by Gasteiger charge is -2.40. The number of aromatic nitrogens is 1. The van der Waals surface area contributed by atoms with E-state index in [1.54, 1.807) is 11.7 Å². The predicted molar refractivity (Wildman–Crippen MR) is 53.2 cm³/mol. The van der Waals surface area contributed by atoms with Crippen molar-refractivity contribution in [3.8, 4) is 0 Å². The topological polar surface area (TPSA) is 62.2 Å². The molecule has 14 heavy (non-hydrogen) atoms. The number of carbonyl (C=O) groups is 1. The number of carbonyl (C=O) groups excluding carboxylic acids is 1. The molecule has 1 aliphatic rings. The molecule has 0 atom stereocenters. The van der Waals surface area contributed by atoms with E-state index in [1.807, 2.05) is 0 Å². The van der Waals surface area contributed by atoms with E-state index in [9.17, 15) is 4.79 Å². The van der Waals surface area contributed by atoms with E-state index in [0.29, 0.717) is 4.88 Å². The summed E-state index contributed by atoms with van der Waals surface area (Å²) in [7, 11) is 0. The van der Waals surface area contributed by atoms with E-state index in [-0.39, 0.29) is 18.1 Å². The summed E-state index contributed by atoms with van der Waals surface area (Å²) in [6.45, 7) is 0.0253. The minimum absolute atomic E-state index is 0.0253. The average molecular weight is 212 g/mol. The highest BCUT2D eigenvalue weighted by atomic mass is 32.1. The van der Waals surface area contributed by atoms with Gasteiger partial charge in [-0.15, -0.1) is 11.3 Å². The minimum Gasteiger partial charge on any atom is -0.394 e. The van der Waals surface area contributed by atoms with Gasteiger partial charge in [0.05, 0.1) is 23.9 Å². The number of amides is 1. The molecule has 0 radical (unpaired) electrons. The Morgan fingerprint density at radius 3 is 2.93 bits per heavy atom. The molecule has 5 heteroatoms. The van der Waals surface area contributed by atoms with Crippen LogP contribution in [0.5, 0.6) is 0 Å². The molecule has 1 amide bonds. The Morgan fingerprint density at radius 1 is 1.71 bits per heavy atom. The SMILES string of the molecule is O=C(NC1(CO)CCC1)c1cncs1. The van der Waals surface area contributed by atoms with Gasteiger partial charge in [0.2, 0.25) is 0 Å². The summed E-state index contributed by atoms with van der Waals surface area (Å²) >= 11 is 1.31. The molecule has 2 N–H and O–H groups in total. The van der Waals surface area contributed by atoms with Crippen LogP contribution in [0.4, 0.5) is 0 Å². The summed E-state index contributed by atoms with van der Waals surface area (Å²) in [6, 6.07) is 0. The molecular weight excluding hydrogens is 200 g/mol. The number of aliphatic hydroxyl groups excluding tert-OH is 1. The zero-order chi connectivity index (χ0) is 10.0. The fourth-order valence-corrected chi connectivity index (χ4v) is 2.07. The maximum Gasteiger partial charge on any atom is 0.263 e. The Bertz CT molecular complexity index is 314. The van der Waals surface area contributed by atoms with E-state index in [1.165, 1.54) is 11.3 Å². The number of nitrogens with one attached hydrogen (secondary N) is 1. The first-order chi connectivity index (χ1) is 6.76. The standard InChI is InChI=1S/C9H12N2O2S/c12-5-9(2-1-3-9)11-8(13)7-4-10-6-14-7/h4,6,12H,1-3,5H2,(H,11,13). The normalized spacial score (nSPS) is 18.6. The first-order valence-electron chi connectivity index (χ1n) is 4.58. The Kier molecular flexibility index (Phi) is 2.52. The van der Waals surface area contributed by atoms with Crippen LogP contribution >= 0.6 is 11.3 Å². The van der Waals surface area contributed by atoms with Crippen LogP contribution in [-0.2, 0) is 0 Å². The van der Waals surface area contributed by atoms with Crippen LogP contribution < -0.4 is 5.32 Å². The summed E-state index contributed by atoms with van der Waals surface area (Å²) in [6.07, 6.45) is 4.36. The Labute approximate surface area is 86.0 Å². The predicted octanol–water partition coefficient (Wildman–Crippen LogP) is 0.788. The van der Waals surface area contributed by atoms with Gasteiger partial charge >= 0.3 is 0 Å². The summed E-state index contributed by atoms with van der Waals surface area (Å²) in [5.41, 5.74) is 1.27. The first-order valence-corrected chi connectivity index (χ1v) is 5.46. The smallest absolute Gasteiger partial charge is 0.263 e. The van der Waals surface area contributed by atoms with Gasteiger partial charge in [0.15, 0.2) is 0 Å². The van der Waals surface area contributed by atoms with E-state index < -0.39 is 0 Å². The third-order valence-corrected chi connectivity index (χ3v) is 3.42. The van der Waals surface area contributed by atoms with Crippen LogP contribution in [0, 0.1) is 0 Å². The lowest BCUT2D eigenvalue weighted by molar-refractivity contribution is 0.0645. The Balaban J connectivity index is 2.01. The quantitative estimate of drug-likeness (QED) is 0.778. The molecule has 0 unspecified atom stereocenters. The molecule has 0 aromatic carbocycles. The molecule has 0 bridgehead atoms. The molecule has 1 saturated carbocycles. The third-order valence-electron chi connectivity index (χ3n) is 2.65. The van der Waals surface area contributed by atoms with Crippen molar-refractivity contribution in [1.29, 1.82) is 0 Å². The molecule has 0 saturated heterocycles. The molecule has 76 valence electrons. The molecule has 1 fully saturated rings. The van der Waals surface area contributed by atoms with Gasteiger partial charge in [0.1, 0.15) is 4.88 Å². The molecule has 1 aliphatic carbocycles. The van der Waals surface area contributed by atoms with Crippen LogP contribution in [0.15, 0.2) is 11.7 Å². The largest absolute Gasteiger partial charge is 0.394 e. The molecule has 4 nitrogen and oxygen atoms in total. The molecule has 2 rings (SSSR count). The molecule has 0 spiro atoms. The highest BCUT2D eigenvalue weighted by molar-refractivity contribution is 7.11. The number of hydrogen-bond acceptors (Lipinski definition) is 4. The number of aliphatic hydroxyl groups is 1. The molecule has 0 aliphatic heterocycles. The summed E-state index contributed by atoms with van der Waals surface area (Å²) in [5.74, 6) is -0.124. The van der Waals surface area contributed by atoms with Crippen molar-refractivity contribution in [2.45, 2.75) is 24.8 Å². The van der Waals surface area contributed by atoms with E-state index in [2.05, 4.69) is 10.3 Å². The van der Waals surface area contributed by atoms with Crippen LogP contribution in [0.25, 0.3) is 0 Å². The number of nitrogens with zero attached hydrogens (tertiary/aromatic N) is 1. The van der Waals surface area contributed by atoms with Gasteiger partial charge < -0.3 is 10.4 Å². The van der Waals surface area contributed by atoms with Gasteiger partial charge in [-0.2, -0.15) is 0 Å². The van der Waals surface area contributed by atoms with Gasteiger partial charge in [-0.1, -0.05) is 0 Å². The fourth-order valence-electron chi connectivity index (χ4n) is 1.56. The van der Waals surface area contributed by atoms with Crippen molar-refractivity contribution in [3.05, 3.63) is 16.6 Å². The summed E-state index contributed by atoms with van der Waals surface area (Å²) < 4.78 is 0. The van der Waals surface area contributed by atoms with Crippen LogP contribution in [0.3, 0.4) is 0 Å². The second-order valence-corrected chi connectivity index (χ2v) is 4.50. The van der Waals surface area contributed by atoms with Gasteiger partial charge in [-0.05, 0) is 19.3 Å². The lowest BCUT2D eigenvalue weighted by Crippen LogP contribution is -2.56. The van der Waals surface area contributed by atoms with Gasteiger partial charge in [0, 0.05) is 0 Å². The average Bonchev–Trinajstić information content (AvgIpc) is 2.63. The van der Waals surface area contributed by atoms with Crippen molar-refractivity contribution in [3.63, 3.8) is 0 Å². The van der Waals surface area contributed by atoms with Gasteiger partial charge in [-0.3, -0.25) is 9.78 Å². The Morgan fingerprint density at radius 2 is 2.50 bits per heavy atom. The maximum absolute atomic E-state index is 11.6. The number of thiazole rings is 1. The summed E-state index contributed by atoms with van der Waals surface area (Å²) in [4.78, 5) is 16.1. The maximum atomic E-state index is 11.6. The number of hydrogen-bond donors (Lipinski definition) is 2. The molecule has 1 aromatic rings. The molecule has 1 aromatic heterocycles. The second-order valence-electron chi connectivity index (χ2n) is 3.61. The van der Waals surface area contributed by atoms with E-state index in [0.717, 1.165) is 19.3 Å². The van der Waals surface area contributed by atoms with E-state index in [4.69, 9.17) is 5.11 Å². The summed E-state index contributed by atoms with van der Waals surface area (Å²) in [5, 5.41) is 12.0. The van der Waals surface area contributed by atoms with Gasteiger partial charge in [-0.25, -0.2) is 0 Å². The molecule has 1 heterocycles. The second kappa shape index (κ2) is 3.67. The number of rotatable bonds is 3. The Hall–Kier alpha value is -0.940. The molecular formula is C9H12N2O2S. The third kappa shape index (κ3) is 1.65. The zero-order valence-corrected chi connectivity index (χ0v) is 8.51. The highest BCUT2D eigenvalue weighted by Gasteiger charge is 2.37. The van der Waals surface area contributed by atoms with Crippen molar-refractivity contribution >= 4 is 17.2 Å². The van der Waals surface area contributed by atoms with Crippen LogP contribution in [0.2, 0.25) is 0 Å². The van der Waals surface area contributed by atoms with E-state index >= 15 is 0 Å². The first kappa shape index (κ1) is 9.61. The van der Waals surface area contributed by atoms with Crippen LogP contribution in [-0.4, -0.2) is 28.1 Å². The van der Waals surface area contributed by atoms with Crippen LogP contribution in [0.1, 0.15) is 28.9 Å². The van der Waals surface area contributed by atoms with Gasteiger partial charge in [0.25, 0.3) is 5.91 Å². The lowest BCUT2D eigenvalue weighted by atomic mass is 9.77. The van der Waals surface area contributed by atoms with Crippen molar-refractivity contribution in [2.75, 3.05) is 6.61 Å². The fraction of sp³-hybridized carbons (Fsp3) is 0.556. The van der Waals surface area contributed by atoms with Crippen molar-refractivity contribution < 1.29 is 9.90 Å².